The van der Waals surface area contributed by atoms with Gasteiger partial charge in [0.15, 0.2) is 11.2 Å². The SMILES string of the molecule is CCOC(=O)C(C/C=C(/C)c1ccccc1)(CC(CCC(=O)c1ccccc1)C1CCC(C)(C)N1[O])C(=O)OCC. The summed E-state index contributed by atoms with van der Waals surface area (Å²) in [7, 11) is 0. The number of carbonyl (C=O) groups is 3. The highest BCUT2D eigenvalue weighted by Gasteiger charge is 2.53. The molecule has 7 heteroatoms. The van der Waals surface area contributed by atoms with Crippen LogP contribution in [0.2, 0.25) is 0 Å². The highest BCUT2D eigenvalue weighted by Crippen LogP contribution is 2.44. The Morgan fingerprint density at radius 1 is 0.951 bits per heavy atom. The summed E-state index contributed by atoms with van der Waals surface area (Å²) in [5.41, 5.74) is 0.248. The number of nitrogens with zero attached hydrogens (tertiary/aromatic N) is 1. The molecule has 0 aromatic heterocycles. The Balaban J connectivity index is 2.03. The smallest absolute Gasteiger partial charge is 0.323 e. The first-order valence-corrected chi connectivity index (χ1v) is 14.7. The van der Waals surface area contributed by atoms with Crippen molar-refractivity contribution in [2.24, 2.45) is 11.3 Å². The van der Waals surface area contributed by atoms with E-state index in [4.69, 9.17) is 9.47 Å². The molecule has 0 saturated carbocycles. The van der Waals surface area contributed by atoms with Crippen molar-refractivity contribution in [1.82, 2.24) is 5.06 Å². The van der Waals surface area contributed by atoms with Crippen LogP contribution in [0.25, 0.3) is 5.57 Å². The molecule has 1 heterocycles. The van der Waals surface area contributed by atoms with E-state index in [9.17, 15) is 19.6 Å². The van der Waals surface area contributed by atoms with Gasteiger partial charge in [0.2, 0.25) is 0 Å². The number of hydrogen-bond acceptors (Lipinski definition) is 6. The van der Waals surface area contributed by atoms with Crippen molar-refractivity contribution in [3.63, 3.8) is 0 Å². The number of rotatable bonds is 14. The predicted octanol–water partition coefficient (Wildman–Crippen LogP) is 6.85. The molecule has 2 unspecified atom stereocenters. The summed E-state index contributed by atoms with van der Waals surface area (Å²) in [6.07, 6.45) is 3.83. The Kier molecular flexibility index (Phi) is 11.4. The Labute approximate surface area is 244 Å². The van der Waals surface area contributed by atoms with Crippen LogP contribution in [0, 0.1) is 11.3 Å². The molecule has 0 N–H and O–H groups in total. The Hall–Kier alpha value is -3.29. The molecule has 0 aliphatic carbocycles. The molecule has 0 spiro atoms. The van der Waals surface area contributed by atoms with Crippen LogP contribution in [0.4, 0.5) is 0 Å². The number of ether oxygens (including phenoxy) is 2. The van der Waals surface area contributed by atoms with E-state index < -0.39 is 34.9 Å². The van der Waals surface area contributed by atoms with Gasteiger partial charge in [0.1, 0.15) is 0 Å². The second-order valence-corrected chi connectivity index (χ2v) is 11.5. The lowest BCUT2D eigenvalue weighted by Gasteiger charge is -2.37. The number of carbonyl (C=O) groups excluding carboxylic acids is 3. The van der Waals surface area contributed by atoms with Gasteiger partial charge in [-0.3, -0.25) is 14.4 Å². The van der Waals surface area contributed by atoms with E-state index in [0.29, 0.717) is 24.8 Å². The zero-order chi connectivity index (χ0) is 30.0. The number of hydrogen-bond donors (Lipinski definition) is 0. The van der Waals surface area contributed by atoms with Gasteiger partial charge in [-0.25, -0.2) is 0 Å². The van der Waals surface area contributed by atoms with E-state index in [2.05, 4.69) is 0 Å². The van der Waals surface area contributed by atoms with Gasteiger partial charge in [0.05, 0.1) is 13.2 Å². The van der Waals surface area contributed by atoms with E-state index in [1.807, 2.05) is 75.4 Å². The maximum absolute atomic E-state index is 13.7. The van der Waals surface area contributed by atoms with Gasteiger partial charge in [0, 0.05) is 23.6 Å². The van der Waals surface area contributed by atoms with Gasteiger partial charge in [-0.15, -0.1) is 10.3 Å². The summed E-state index contributed by atoms with van der Waals surface area (Å²) >= 11 is 0. The fourth-order valence-corrected chi connectivity index (χ4v) is 5.75. The zero-order valence-electron chi connectivity index (χ0n) is 25.1. The van der Waals surface area contributed by atoms with Crippen molar-refractivity contribution in [2.75, 3.05) is 13.2 Å². The lowest BCUT2D eigenvalue weighted by molar-refractivity contribution is -0.231. The Morgan fingerprint density at radius 3 is 1.98 bits per heavy atom. The standard InChI is InChI=1S/C34H44NO6/c1-6-40-31(37)34(32(38)41-7-2,23-20-25(3)26-14-10-8-11-15-26)24-28(29-21-22-33(4,5)35(29)39)18-19-30(36)27-16-12-9-13-17-27/h8-17,20,28-29H,6-7,18-19,21-24H2,1-5H3/b25-20-. The fraction of sp³-hybridized carbons (Fsp3) is 0.500. The molecule has 2 aromatic carbocycles. The highest BCUT2D eigenvalue weighted by molar-refractivity contribution is 6.00. The summed E-state index contributed by atoms with van der Waals surface area (Å²) < 4.78 is 11.0. The van der Waals surface area contributed by atoms with Gasteiger partial charge in [0.25, 0.3) is 0 Å². The van der Waals surface area contributed by atoms with Crippen molar-refractivity contribution in [3.8, 4) is 0 Å². The van der Waals surface area contributed by atoms with Crippen LogP contribution in [-0.4, -0.2) is 47.6 Å². The number of benzene rings is 2. The van der Waals surface area contributed by atoms with E-state index >= 15 is 0 Å². The van der Waals surface area contributed by atoms with Gasteiger partial charge in [-0.2, -0.15) is 0 Å². The summed E-state index contributed by atoms with van der Waals surface area (Å²) in [5.74, 6) is -1.78. The molecule has 3 rings (SSSR count). The summed E-state index contributed by atoms with van der Waals surface area (Å²) in [5, 5.41) is 14.6. The molecule has 7 nitrogen and oxygen atoms in total. The maximum Gasteiger partial charge on any atom is 0.323 e. The number of esters is 2. The Bertz CT molecular complexity index is 1170. The minimum atomic E-state index is -1.66. The van der Waals surface area contributed by atoms with E-state index in [1.54, 1.807) is 26.0 Å². The van der Waals surface area contributed by atoms with Crippen molar-refractivity contribution in [2.45, 2.75) is 84.7 Å². The molecule has 221 valence electrons. The first-order valence-electron chi connectivity index (χ1n) is 14.7. The maximum atomic E-state index is 13.7. The minimum Gasteiger partial charge on any atom is -0.465 e. The normalized spacial score (nSPS) is 18.1. The molecule has 2 aromatic rings. The van der Waals surface area contributed by atoms with Crippen molar-refractivity contribution in [3.05, 3.63) is 77.9 Å². The van der Waals surface area contributed by atoms with E-state index in [0.717, 1.165) is 16.2 Å². The first kappa shape index (κ1) is 32.2. The first-order chi connectivity index (χ1) is 19.6. The molecular weight excluding hydrogens is 518 g/mol. The van der Waals surface area contributed by atoms with E-state index in [-0.39, 0.29) is 38.3 Å². The lowest BCUT2D eigenvalue weighted by atomic mass is 9.72. The molecule has 1 aliphatic rings. The lowest BCUT2D eigenvalue weighted by Crippen LogP contribution is -2.48. The molecule has 1 radical (unpaired) electrons. The number of ketones is 1. The van der Waals surface area contributed by atoms with Crippen LogP contribution < -0.4 is 0 Å². The van der Waals surface area contributed by atoms with E-state index in [1.165, 1.54) is 0 Å². The van der Waals surface area contributed by atoms with Gasteiger partial charge >= 0.3 is 11.9 Å². The van der Waals surface area contributed by atoms with Gasteiger partial charge < -0.3 is 9.47 Å². The second kappa shape index (κ2) is 14.6. The molecule has 0 bridgehead atoms. The second-order valence-electron chi connectivity index (χ2n) is 11.5. The third kappa shape index (κ3) is 7.92. The average molecular weight is 563 g/mol. The molecule has 41 heavy (non-hydrogen) atoms. The molecule has 1 fully saturated rings. The zero-order valence-corrected chi connectivity index (χ0v) is 25.1. The van der Waals surface area contributed by atoms with Crippen LogP contribution in [-0.2, 0) is 24.3 Å². The van der Waals surface area contributed by atoms with Crippen LogP contribution in [0.1, 0.15) is 89.1 Å². The van der Waals surface area contributed by atoms with Crippen molar-refractivity contribution >= 4 is 23.3 Å². The topological polar surface area (TPSA) is 92.8 Å². The van der Waals surface area contributed by atoms with Crippen LogP contribution in [0.5, 0.6) is 0 Å². The molecular formula is C34H44NO6. The molecule has 2 atom stereocenters. The summed E-state index contributed by atoms with van der Waals surface area (Å²) in [6, 6.07) is 18.3. The largest absolute Gasteiger partial charge is 0.465 e. The molecule has 1 aliphatic heterocycles. The number of allylic oxidation sites excluding steroid dienone is 2. The number of Topliss-reactive ketones (excluding diaryl/α,β-unsaturated/α-hetero) is 1. The number of hydroxylamine groups is 2. The predicted molar refractivity (Wildman–Crippen MR) is 158 cm³/mol. The van der Waals surface area contributed by atoms with Crippen LogP contribution in [0.3, 0.4) is 0 Å². The average Bonchev–Trinajstić information content (AvgIpc) is 3.25. The van der Waals surface area contributed by atoms with Crippen molar-refractivity contribution in [1.29, 1.82) is 0 Å². The quantitative estimate of drug-likeness (QED) is 0.142. The molecule has 1 saturated heterocycles. The molecule has 0 amide bonds. The minimum absolute atomic E-state index is 0.0389. The Morgan fingerprint density at radius 2 is 1.49 bits per heavy atom. The summed E-state index contributed by atoms with van der Waals surface area (Å²) in [6.45, 7) is 9.35. The van der Waals surface area contributed by atoms with Crippen LogP contribution >= 0.6 is 0 Å². The summed E-state index contributed by atoms with van der Waals surface area (Å²) in [4.78, 5) is 40.6. The third-order valence-corrected chi connectivity index (χ3v) is 8.26. The third-order valence-electron chi connectivity index (χ3n) is 8.26. The van der Waals surface area contributed by atoms with Gasteiger partial charge in [-0.05, 0) is 83.8 Å². The fourth-order valence-electron chi connectivity index (χ4n) is 5.75. The highest BCUT2D eigenvalue weighted by atomic mass is 16.6. The van der Waals surface area contributed by atoms with Gasteiger partial charge in [-0.1, -0.05) is 66.7 Å². The monoisotopic (exact) mass is 562 g/mol. The van der Waals surface area contributed by atoms with Crippen LogP contribution in [0.15, 0.2) is 66.7 Å². The van der Waals surface area contributed by atoms with Crippen molar-refractivity contribution < 1.29 is 29.1 Å².